The molecule has 4 heteroatoms. The van der Waals surface area contributed by atoms with Gasteiger partial charge in [0.05, 0.1) is 19.8 Å². The van der Waals surface area contributed by atoms with E-state index in [1.54, 1.807) is 7.11 Å². The second-order valence-electron chi connectivity index (χ2n) is 4.27. The summed E-state index contributed by atoms with van der Waals surface area (Å²) in [6.45, 7) is 4.41. The summed E-state index contributed by atoms with van der Waals surface area (Å²) in [7, 11) is 1.67. The zero-order valence-corrected chi connectivity index (χ0v) is 10.9. The molecule has 100 valence electrons. The van der Waals surface area contributed by atoms with Gasteiger partial charge in [-0.1, -0.05) is 12.1 Å². The molecule has 4 nitrogen and oxygen atoms in total. The number of rotatable bonds is 7. The fourth-order valence-corrected chi connectivity index (χ4v) is 2.09. The van der Waals surface area contributed by atoms with Gasteiger partial charge in [-0.3, -0.25) is 0 Å². The first kappa shape index (κ1) is 13.3. The topological polar surface area (TPSA) is 39.7 Å². The van der Waals surface area contributed by atoms with Crippen LogP contribution in [0, 0.1) is 0 Å². The molecule has 0 aliphatic carbocycles. The lowest BCUT2D eigenvalue weighted by molar-refractivity contribution is 0.0542. The molecule has 0 amide bonds. The highest BCUT2D eigenvalue weighted by molar-refractivity contribution is 5.41. The summed E-state index contributed by atoms with van der Waals surface area (Å²) >= 11 is 0. The monoisotopic (exact) mass is 251 g/mol. The molecular weight excluding hydrogens is 230 g/mol. The minimum Gasteiger partial charge on any atom is -0.491 e. The van der Waals surface area contributed by atoms with E-state index in [0.717, 1.165) is 25.3 Å². The van der Waals surface area contributed by atoms with Gasteiger partial charge in [0.1, 0.15) is 12.4 Å². The maximum Gasteiger partial charge on any atom is 0.122 e. The fraction of sp³-hybridized carbons (Fsp3) is 0.571. The van der Waals surface area contributed by atoms with Crippen molar-refractivity contribution >= 4 is 0 Å². The van der Waals surface area contributed by atoms with E-state index in [2.05, 4.69) is 11.4 Å². The summed E-state index contributed by atoms with van der Waals surface area (Å²) in [4.78, 5) is 0. The van der Waals surface area contributed by atoms with E-state index in [9.17, 15) is 0 Å². The number of ether oxygens (including phenoxy) is 3. The highest BCUT2D eigenvalue weighted by atomic mass is 16.5. The van der Waals surface area contributed by atoms with Gasteiger partial charge in [-0.2, -0.15) is 0 Å². The van der Waals surface area contributed by atoms with Crippen LogP contribution in [0.3, 0.4) is 0 Å². The zero-order valence-electron chi connectivity index (χ0n) is 10.9. The summed E-state index contributed by atoms with van der Waals surface area (Å²) in [5.74, 6) is 1.00. The summed E-state index contributed by atoms with van der Waals surface area (Å²) in [5, 5.41) is 3.36. The maximum atomic E-state index is 5.79. The van der Waals surface area contributed by atoms with Crippen molar-refractivity contribution in [2.75, 3.05) is 40.1 Å². The van der Waals surface area contributed by atoms with Crippen molar-refractivity contribution in [3.8, 4) is 5.75 Å². The average molecular weight is 251 g/mol. The first-order valence-corrected chi connectivity index (χ1v) is 6.43. The maximum absolute atomic E-state index is 5.79. The lowest BCUT2D eigenvalue weighted by Gasteiger charge is -2.20. The van der Waals surface area contributed by atoms with Crippen LogP contribution in [0.4, 0.5) is 0 Å². The van der Waals surface area contributed by atoms with E-state index < -0.39 is 0 Å². The van der Waals surface area contributed by atoms with Gasteiger partial charge in [0.25, 0.3) is 0 Å². The molecule has 1 heterocycles. The Bertz CT molecular complexity index is 368. The molecule has 0 fully saturated rings. The first-order chi connectivity index (χ1) is 8.92. The van der Waals surface area contributed by atoms with Crippen molar-refractivity contribution in [2.24, 2.45) is 0 Å². The van der Waals surface area contributed by atoms with Crippen LogP contribution < -0.4 is 10.1 Å². The van der Waals surface area contributed by atoms with Crippen LogP contribution in [-0.2, 0) is 22.4 Å². The molecule has 0 aromatic heterocycles. The van der Waals surface area contributed by atoms with E-state index in [1.165, 1.54) is 11.1 Å². The number of hydrogen-bond donors (Lipinski definition) is 1. The fourth-order valence-electron chi connectivity index (χ4n) is 2.09. The van der Waals surface area contributed by atoms with Crippen LogP contribution in [0.1, 0.15) is 11.1 Å². The van der Waals surface area contributed by atoms with E-state index in [-0.39, 0.29) is 0 Å². The van der Waals surface area contributed by atoms with Gasteiger partial charge in [-0.25, -0.2) is 0 Å². The molecule has 0 saturated carbocycles. The zero-order chi connectivity index (χ0) is 12.6. The molecule has 1 aromatic rings. The number of benzene rings is 1. The third-order valence-corrected chi connectivity index (χ3v) is 3.01. The minimum absolute atomic E-state index is 0.591. The lowest BCUT2D eigenvalue weighted by Crippen LogP contribution is -2.24. The Hall–Kier alpha value is -1.10. The SMILES string of the molecule is COCCOCCOc1cccc2c1CCNC2. The van der Waals surface area contributed by atoms with Crippen molar-refractivity contribution in [3.05, 3.63) is 29.3 Å². The summed E-state index contributed by atoms with van der Waals surface area (Å²) in [6.07, 6.45) is 1.04. The molecule has 1 aliphatic heterocycles. The number of nitrogens with one attached hydrogen (secondary N) is 1. The van der Waals surface area contributed by atoms with Gasteiger partial charge < -0.3 is 19.5 Å². The number of hydrogen-bond acceptors (Lipinski definition) is 4. The van der Waals surface area contributed by atoms with E-state index in [0.29, 0.717) is 26.4 Å². The molecule has 18 heavy (non-hydrogen) atoms. The Kier molecular flexibility index (Phi) is 5.45. The molecule has 1 aromatic carbocycles. The van der Waals surface area contributed by atoms with Gasteiger partial charge in [-0.05, 0) is 30.2 Å². The number of fused-ring (bicyclic) bond motifs is 1. The second kappa shape index (κ2) is 7.36. The number of methoxy groups -OCH3 is 1. The van der Waals surface area contributed by atoms with Crippen LogP contribution in [0.15, 0.2) is 18.2 Å². The third-order valence-electron chi connectivity index (χ3n) is 3.01. The van der Waals surface area contributed by atoms with Crippen LogP contribution in [0.25, 0.3) is 0 Å². The van der Waals surface area contributed by atoms with Gasteiger partial charge in [0.15, 0.2) is 0 Å². The van der Waals surface area contributed by atoms with Crippen LogP contribution in [-0.4, -0.2) is 40.1 Å². The van der Waals surface area contributed by atoms with Crippen molar-refractivity contribution in [1.82, 2.24) is 5.32 Å². The van der Waals surface area contributed by atoms with E-state index in [4.69, 9.17) is 14.2 Å². The molecule has 1 aliphatic rings. The average Bonchev–Trinajstić information content (AvgIpc) is 2.43. The molecule has 0 bridgehead atoms. The van der Waals surface area contributed by atoms with Gasteiger partial charge in [0, 0.05) is 13.7 Å². The lowest BCUT2D eigenvalue weighted by atomic mass is 10.0. The van der Waals surface area contributed by atoms with Gasteiger partial charge in [0.2, 0.25) is 0 Å². The predicted octanol–water partition coefficient (Wildman–Crippen LogP) is 1.37. The Morgan fingerprint density at radius 1 is 1.17 bits per heavy atom. The molecule has 0 spiro atoms. The quantitative estimate of drug-likeness (QED) is 0.743. The standard InChI is InChI=1S/C14H21NO3/c1-16-7-8-17-9-10-18-14-4-2-3-12-11-15-6-5-13(12)14/h2-4,15H,5-11H2,1H3. The van der Waals surface area contributed by atoms with Crippen molar-refractivity contribution in [2.45, 2.75) is 13.0 Å². The molecule has 0 unspecified atom stereocenters. The smallest absolute Gasteiger partial charge is 0.122 e. The Balaban J connectivity index is 1.79. The normalized spacial score (nSPS) is 14.3. The van der Waals surface area contributed by atoms with Crippen LogP contribution in [0.5, 0.6) is 5.75 Å². The third kappa shape index (κ3) is 3.70. The summed E-state index contributed by atoms with van der Waals surface area (Å²) in [6, 6.07) is 6.25. The van der Waals surface area contributed by atoms with Gasteiger partial charge in [-0.15, -0.1) is 0 Å². The van der Waals surface area contributed by atoms with Gasteiger partial charge >= 0.3 is 0 Å². The van der Waals surface area contributed by atoms with E-state index in [1.807, 2.05) is 12.1 Å². The highest BCUT2D eigenvalue weighted by Gasteiger charge is 2.12. The molecule has 0 atom stereocenters. The largest absolute Gasteiger partial charge is 0.491 e. The van der Waals surface area contributed by atoms with Crippen molar-refractivity contribution < 1.29 is 14.2 Å². The molecule has 2 rings (SSSR count). The second-order valence-corrected chi connectivity index (χ2v) is 4.27. The molecular formula is C14H21NO3. The minimum atomic E-state index is 0.591. The predicted molar refractivity (Wildman–Crippen MR) is 70.0 cm³/mol. The van der Waals surface area contributed by atoms with Crippen molar-refractivity contribution in [3.63, 3.8) is 0 Å². The summed E-state index contributed by atoms with van der Waals surface area (Å²) < 4.78 is 16.1. The molecule has 0 radical (unpaired) electrons. The molecule has 1 N–H and O–H groups in total. The summed E-state index contributed by atoms with van der Waals surface area (Å²) in [5.41, 5.74) is 2.69. The Morgan fingerprint density at radius 2 is 2.06 bits per heavy atom. The van der Waals surface area contributed by atoms with Crippen LogP contribution in [0.2, 0.25) is 0 Å². The molecule has 0 saturated heterocycles. The Labute approximate surface area is 108 Å². The van der Waals surface area contributed by atoms with E-state index >= 15 is 0 Å². The van der Waals surface area contributed by atoms with Crippen molar-refractivity contribution in [1.29, 1.82) is 0 Å². The Morgan fingerprint density at radius 3 is 2.94 bits per heavy atom. The van der Waals surface area contributed by atoms with Crippen LogP contribution >= 0.6 is 0 Å². The first-order valence-electron chi connectivity index (χ1n) is 6.43. The highest BCUT2D eigenvalue weighted by Crippen LogP contribution is 2.24.